The molecule has 0 heterocycles. The highest BCUT2D eigenvalue weighted by molar-refractivity contribution is 5.86. The van der Waals surface area contributed by atoms with Gasteiger partial charge in [0.2, 0.25) is 0 Å². The lowest BCUT2D eigenvalue weighted by molar-refractivity contribution is -0.138. The number of ether oxygens (including phenoxy) is 1. The second-order valence-electron chi connectivity index (χ2n) is 5.89. The van der Waals surface area contributed by atoms with Crippen molar-refractivity contribution in [3.05, 3.63) is 42.0 Å². The number of nitrogens with two attached hydrogens (primary N) is 1. The number of carboxylic acid groups (broad SMARTS) is 1. The molecule has 4 heteroatoms. The Morgan fingerprint density at radius 3 is 2.48 bits per heavy atom. The molecule has 0 bridgehead atoms. The van der Waals surface area contributed by atoms with Gasteiger partial charge in [0, 0.05) is 6.54 Å². The number of fused-ring (bicyclic) bond motifs is 1. The molecule has 0 aliphatic rings. The summed E-state index contributed by atoms with van der Waals surface area (Å²) in [6.07, 6.45) is 0. The molecule has 3 N–H and O–H groups in total. The van der Waals surface area contributed by atoms with Crippen molar-refractivity contribution in [3.63, 3.8) is 0 Å². The molecule has 21 heavy (non-hydrogen) atoms. The zero-order valence-electron chi connectivity index (χ0n) is 12.6. The highest BCUT2D eigenvalue weighted by Crippen LogP contribution is 2.27. The molecule has 2 aromatic rings. The van der Waals surface area contributed by atoms with Crippen LogP contribution in [-0.2, 0) is 4.79 Å². The van der Waals surface area contributed by atoms with Crippen LogP contribution in [0.2, 0.25) is 0 Å². The van der Waals surface area contributed by atoms with Gasteiger partial charge in [-0.25, -0.2) is 0 Å². The summed E-state index contributed by atoms with van der Waals surface area (Å²) in [5, 5.41) is 11.1. The second-order valence-corrected chi connectivity index (χ2v) is 5.89. The summed E-state index contributed by atoms with van der Waals surface area (Å²) in [6, 6.07) is 11.4. The van der Waals surface area contributed by atoms with Crippen LogP contribution in [0.5, 0.6) is 5.75 Å². The van der Waals surface area contributed by atoms with Gasteiger partial charge in [0.05, 0.1) is 5.92 Å². The topological polar surface area (TPSA) is 72.5 Å². The average Bonchev–Trinajstić information content (AvgIpc) is 2.45. The van der Waals surface area contributed by atoms with Gasteiger partial charge in [-0.15, -0.1) is 0 Å². The summed E-state index contributed by atoms with van der Waals surface area (Å²) < 4.78 is 5.86. The Morgan fingerprint density at radius 1 is 1.24 bits per heavy atom. The van der Waals surface area contributed by atoms with E-state index in [9.17, 15) is 4.79 Å². The van der Waals surface area contributed by atoms with Crippen LogP contribution in [0.1, 0.15) is 32.3 Å². The van der Waals surface area contributed by atoms with Gasteiger partial charge in [0.25, 0.3) is 0 Å². The number of hydrogen-bond acceptors (Lipinski definition) is 3. The van der Waals surface area contributed by atoms with Gasteiger partial charge in [0.15, 0.2) is 0 Å². The van der Waals surface area contributed by atoms with Crippen molar-refractivity contribution in [2.75, 3.05) is 6.54 Å². The van der Waals surface area contributed by atoms with Crippen LogP contribution in [-0.4, -0.2) is 23.2 Å². The highest BCUT2D eigenvalue weighted by atomic mass is 16.5. The fraction of sp³-hybridized carbons (Fsp3) is 0.353. The summed E-state index contributed by atoms with van der Waals surface area (Å²) >= 11 is 0. The van der Waals surface area contributed by atoms with E-state index in [2.05, 4.69) is 0 Å². The SMILES string of the molecule is CC(C(=O)O)c1ccc2cc(OC(C)(C)CN)ccc2c1. The van der Waals surface area contributed by atoms with E-state index in [1.165, 1.54) is 0 Å². The van der Waals surface area contributed by atoms with Crippen LogP contribution in [0.15, 0.2) is 36.4 Å². The van der Waals surface area contributed by atoms with Gasteiger partial charge >= 0.3 is 5.97 Å². The highest BCUT2D eigenvalue weighted by Gasteiger charge is 2.18. The van der Waals surface area contributed by atoms with E-state index in [1.807, 2.05) is 50.2 Å². The van der Waals surface area contributed by atoms with Crippen LogP contribution in [0.25, 0.3) is 10.8 Å². The summed E-state index contributed by atoms with van der Waals surface area (Å²) in [5.41, 5.74) is 6.05. The van der Waals surface area contributed by atoms with Crippen molar-refractivity contribution >= 4 is 16.7 Å². The molecule has 0 saturated carbocycles. The maximum atomic E-state index is 11.0. The number of carbonyl (C=O) groups is 1. The van der Waals surface area contributed by atoms with Crippen LogP contribution in [0.4, 0.5) is 0 Å². The predicted octanol–water partition coefficient (Wildman–Crippen LogP) is 3.14. The van der Waals surface area contributed by atoms with Crippen LogP contribution in [0, 0.1) is 0 Å². The predicted molar refractivity (Wildman–Crippen MR) is 83.8 cm³/mol. The van der Waals surface area contributed by atoms with E-state index in [1.54, 1.807) is 6.92 Å². The molecule has 0 radical (unpaired) electrons. The zero-order valence-corrected chi connectivity index (χ0v) is 12.6. The molecule has 0 aromatic heterocycles. The largest absolute Gasteiger partial charge is 0.487 e. The maximum absolute atomic E-state index is 11.0. The summed E-state index contributed by atoms with van der Waals surface area (Å²) in [5.74, 6) is -0.572. The normalized spacial score (nSPS) is 13.1. The third kappa shape index (κ3) is 3.52. The van der Waals surface area contributed by atoms with Gasteiger partial charge < -0.3 is 15.6 Å². The fourth-order valence-electron chi connectivity index (χ4n) is 2.08. The lowest BCUT2D eigenvalue weighted by atomic mass is 9.98. The molecular formula is C17H21NO3. The first kappa shape index (κ1) is 15.3. The first-order chi connectivity index (χ1) is 9.82. The Morgan fingerprint density at radius 2 is 1.86 bits per heavy atom. The summed E-state index contributed by atoms with van der Waals surface area (Å²) in [4.78, 5) is 11.0. The molecule has 0 aliphatic carbocycles. The molecule has 0 saturated heterocycles. The smallest absolute Gasteiger partial charge is 0.310 e. The Hall–Kier alpha value is -2.07. The van der Waals surface area contributed by atoms with Gasteiger partial charge in [-0.3, -0.25) is 4.79 Å². The zero-order chi connectivity index (χ0) is 15.6. The third-order valence-electron chi connectivity index (χ3n) is 3.59. The Kier molecular flexibility index (Phi) is 4.19. The van der Waals surface area contributed by atoms with Crippen molar-refractivity contribution in [2.24, 2.45) is 5.73 Å². The molecular weight excluding hydrogens is 266 g/mol. The summed E-state index contributed by atoms with van der Waals surface area (Å²) in [7, 11) is 0. The minimum absolute atomic E-state index is 0.411. The van der Waals surface area contributed by atoms with E-state index in [-0.39, 0.29) is 0 Å². The molecule has 4 nitrogen and oxygen atoms in total. The Balaban J connectivity index is 2.34. The van der Waals surface area contributed by atoms with Crippen molar-refractivity contribution in [1.82, 2.24) is 0 Å². The monoisotopic (exact) mass is 287 g/mol. The molecule has 112 valence electrons. The maximum Gasteiger partial charge on any atom is 0.310 e. The van der Waals surface area contributed by atoms with Gasteiger partial charge in [-0.05, 0) is 49.2 Å². The molecule has 0 spiro atoms. The minimum Gasteiger partial charge on any atom is -0.487 e. The minimum atomic E-state index is -0.820. The third-order valence-corrected chi connectivity index (χ3v) is 3.59. The second kappa shape index (κ2) is 5.74. The van der Waals surface area contributed by atoms with E-state index >= 15 is 0 Å². The first-order valence-electron chi connectivity index (χ1n) is 6.98. The van der Waals surface area contributed by atoms with Crippen molar-refractivity contribution in [1.29, 1.82) is 0 Å². The Bertz CT molecular complexity index is 664. The molecule has 2 rings (SSSR count). The molecule has 0 aliphatic heterocycles. The first-order valence-corrected chi connectivity index (χ1v) is 6.98. The van der Waals surface area contributed by atoms with E-state index in [0.29, 0.717) is 6.54 Å². The molecule has 1 unspecified atom stereocenters. The molecule has 0 amide bonds. The molecule has 0 fully saturated rings. The van der Waals surface area contributed by atoms with Crippen LogP contribution < -0.4 is 10.5 Å². The van der Waals surface area contributed by atoms with Crippen molar-refractivity contribution in [3.8, 4) is 5.75 Å². The van der Waals surface area contributed by atoms with E-state index in [0.717, 1.165) is 22.1 Å². The molecule has 2 aromatic carbocycles. The van der Waals surface area contributed by atoms with Crippen molar-refractivity contribution in [2.45, 2.75) is 32.3 Å². The average molecular weight is 287 g/mol. The van der Waals surface area contributed by atoms with Gasteiger partial charge in [-0.2, -0.15) is 0 Å². The standard InChI is InChI=1S/C17H21NO3/c1-11(16(19)20)12-4-5-14-9-15(7-6-13(14)8-12)21-17(2,3)10-18/h4-9,11H,10,18H2,1-3H3,(H,19,20). The van der Waals surface area contributed by atoms with E-state index < -0.39 is 17.5 Å². The van der Waals surface area contributed by atoms with E-state index in [4.69, 9.17) is 15.6 Å². The number of benzene rings is 2. The van der Waals surface area contributed by atoms with Crippen LogP contribution in [0.3, 0.4) is 0 Å². The molecule has 1 atom stereocenters. The quantitative estimate of drug-likeness (QED) is 0.886. The van der Waals surface area contributed by atoms with Crippen molar-refractivity contribution < 1.29 is 14.6 Å². The number of aliphatic carboxylic acids is 1. The fourth-order valence-corrected chi connectivity index (χ4v) is 2.08. The Labute approximate surface area is 124 Å². The van der Waals surface area contributed by atoms with Gasteiger partial charge in [-0.1, -0.05) is 24.3 Å². The van der Waals surface area contributed by atoms with Gasteiger partial charge in [0.1, 0.15) is 11.4 Å². The number of rotatable bonds is 5. The summed E-state index contributed by atoms with van der Waals surface area (Å²) in [6.45, 7) is 5.99. The number of hydrogen-bond donors (Lipinski definition) is 2. The van der Waals surface area contributed by atoms with Crippen LogP contribution >= 0.6 is 0 Å². The number of carboxylic acids is 1. The lowest BCUT2D eigenvalue weighted by Crippen LogP contribution is -2.37. The lowest BCUT2D eigenvalue weighted by Gasteiger charge is -2.24.